The molecule has 0 aromatic heterocycles. The minimum absolute atomic E-state index is 0.154. The van der Waals surface area contributed by atoms with Crippen molar-refractivity contribution in [3.05, 3.63) is 29.8 Å². The summed E-state index contributed by atoms with van der Waals surface area (Å²) in [6.07, 6.45) is 2.96. The predicted molar refractivity (Wildman–Crippen MR) is 77.5 cm³/mol. The summed E-state index contributed by atoms with van der Waals surface area (Å²) in [4.78, 5) is 0. The van der Waals surface area contributed by atoms with Crippen LogP contribution < -0.4 is 10.1 Å². The topological polar surface area (TPSA) is 30.5 Å². The quantitative estimate of drug-likeness (QED) is 0.819. The molecule has 0 aliphatic heterocycles. The molecule has 1 N–H and O–H groups in total. The van der Waals surface area contributed by atoms with Gasteiger partial charge >= 0.3 is 0 Å². The molecule has 3 nitrogen and oxygen atoms in total. The number of nitrogens with one attached hydrogen (secondary N) is 1. The van der Waals surface area contributed by atoms with Crippen molar-refractivity contribution >= 4 is 0 Å². The van der Waals surface area contributed by atoms with Crippen molar-refractivity contribution in [3.63, 3.8) is 0 Å². The van der Waals surface area contributed by atoms with Gasteiger partial charge in [0.25, 0.3) is 0 Å². The van der Waals surface area contributed by atoms with E-state index in [1.165, 1.54) is 18.4 Å². The Labute approximate surface area is 116 Å². The van der Waals surface area contributed by atoms with Crippen LogP contribution in [-0.4, -0.2) is 26.4 Å². The van der Waals surface area contributed by atoms with Gasteiger partial charge in [0.15, 0.2) is 0 Å². The van der Waals surface area contributed by atoms with E-state index in [0.29, 0.717) is 12.0 Å². The standard InChI is InChI=1S/C16H25NO2/c1-11(2)16(18-4)15(17-3)12-6-5-7-14(10-12)19-13-8-9-13/h5-7,10-11,13,15-17H,8-9H2,1-4H3. The first-order valence-electron chi connectivity index (χ1n) is 7.12. The number of ether oxygens (including phenoxy) is 2. The van der Waals surface area contributed by atoms with Gasteiger partial charge in [-0.25, -0.2) is 0 Å². The highest BCUT2D eigenvalue weighted by Crippen LogP contribution is 2.30. The summed E-state index contributed by atoms with van der Waals surface area (Å²) in [5.41, 5.74) is 1.22. The first-order chi connectivity index (χ1) is 9.15. The lowest BCUT2D eigenvalue weighted by Gasteiger charge is -2.29. The fraction of sp³-hybridized carbons (Fsp3) is 0.625. The smallest absolute Gasteiger partial charge is 0.120 e. The van der Waals surface area contributed by atoms with E-state index in [1.54, 1.807) is 7.11 Å². The number of benzene rings is 1. The monoisotopic (exact) mass is 263 g/mol. The molecule has 1 fully saturated rings. The Bertz CT molecular complexity index is 401. The third kappa shape index (κ3) is 3.71. The van der Waals surface area contributed by atoms with Crippen LogP contribution in [0.3, 0.4) is 0 Å². The summed E-state index contributed by atoms with van der Waals surface area (Å²) in [6, 6.07) is 8.55. The summed E-state index contributed by atoms with van der Waals surface area (Å²) >= 11 is 0. The molecule has 2 rings (SSSR count). The van der Waals surface area contributed by atoms with Crippen molar-refractivity contribution in [1.82, 2.24) is 5.32 Å². The van der Waals surface area contributed by atoms with Crippen molar-refractivity contribution in [2.75, 3.05) is 14.2 Å². The average Bonchev–Trinajstić information content (AvgIpc) is 3.19. The molecule has 0 saturated heterocycles. The third-order valence-corrected chi connectivity index (χ3v) is 3.61. The van der Waals surface area contributed by atoms with Gasteiger partial charge in [0.1, 0.15) is 5.75 Å². The number of likely N-dealkylation sites (N-methyl/N-ethyl adjacent to an activating group) is 1. The van der Waals surface area contributed by atoms with Crippen LogP contribution in [0.4, 0.5) is 0 Å². The summed E-state index contributed by atoms with van der Waals surface area (Å²) in [5, 5.41) is 3.37. The second-order valence-electron chi connectivity index (χ2n) is 5.60. The average molecular weight is 263 g/mol. The molecule has 1 saturated carbocycles. The minimum atomic E-state index is 0.154. The van der Waals surface area contributed by atoms with E-state index in [-0.39, 0.29) is 12.1 Å². The molecule has 0 heterocycles. The van der Waals surface area contributed by atoms with Gasteiger partial charge in [-0.05, 0) is 43.5 Å². The molecule has 1 aliphatic carbocycles. The van der Waals surface area contributed by atoms with Crippen LogP contribution >= 0.6 is 0 Å². The Hall–Kier alpha value is -1.06. The van der Waals surface area contributed by atoms with Crippen LogP contribution in [0.5, 0.6) is 5.75 Å². The molecule has 1 aromatic rings. The molecule has 0 amide bonds. The maximum absolute atomic E-state index is 5.87. The van der Waals surface area contributed by atoms with E-state index in [2.05, 4.69) is 37.4 Å². The van der Waals surface area contributed by atoms with E-state index >= 15 is 0 Å². The molecule has 2 atom stereocenters. The van der Waals surface area contributed by atoms with E-state index in [0.717, 1.165) is 5.75 Å². The highest BCUT2D eigenvalue weighted by molar-refractivity contribution is 5.31. The maximum Gasteiger partial charge on any atom is 0.120 e. The Morgan fingerprint density at radius 1 is 1.26 bits per heavy atom. The molecular formula is C16H25NO2. The van der Waals surface area contributed by atoms with E-state index in [1.807, 2.05) is 13.1 Å². The van der Waals surface area contributed by atoms with Gasteiger partial charge in [-0.3, -0.25) is 0 Å². The van der Waals surface area contributed by atoms with Gasteiger partial charge in [0, 0.05) is 7.11 Å². The van der Waals surface area contributed by atoms with Crippen molar-refractivity contribution in [2.24, 2.45) is 5.92 Å². The molecule has 19 heavy (non-hydrogen) atoms. The lowest BCUT2D eigenvalue weighted by atomic mass is 9.93. The SMILES string of the molecule is CNC(c1cccc(OC2CC2)c1)C(OC)C(C)C. The van der Waals surface area contributed by atoms with Gasteiger partial charge < -0.3 is 14.8 Å². The molecule has 1 aliphatic rings. The van der Waals surface area contributed by atoms with Crippen LogP contribution in [0, 0.1) is 5.92 Å². The lowest BCUT2D eigenvalue weighted by Crippen LogP contribution is -2.34. The fourth-order valence-electron chi connectivity index (χ4n) is 2.47. The lowest BCUT2D eigenvalue weighted by molar-refractivity contribution is 0.0348. The Morgan fingerprint density at radius 3 is 2.53 bits per heavy atom. The number of rotatable bonds is 7. The van der Waals surface area contributed by atoms with Gasteiger partial charge in [0.2, 0.25) is 0 Å². The van der Waals surface area contributed by atoms with Crippen molar-refractivity contribution in [1.29, 1.82) is 0 Å². The molecule has 0 bridgehead atoms. The number of hydrogen-bond acceptors (Lipinski definition) is 3. The summed E-state index contributed by atoms with van der Waals surface area (Å²) in [6.45, 7) is 4.37. The number of hydrogen-bond donors (Lipinski definition) is 1. The number of methoxy groups -OCH3 is 1. The first kappa shape index (κ1) is 14.4. The van der Waals surface area contributed by atoms with Gasteiger partial charge in [-0.2, -0.15) is 0 Å². The van der Waals surface area contributed by atoms with Crippen LogP contribution in [-0.2, 0) is 4.74 Å². The highest BCUT2D eigenvalue weighted by atomic mass is 16.5. The molecule has 3 heteroatoms. The Morgan fingerprint density at radius 2 is 2.00 bits per heavy atom. The second-order valence-corrected chi connectivity index (χ2v) is 5.60. The van der Waals surface area contributed by atoms with Crippen LogP contribution in [0.1, 0.15) is 38.3 Å². The largest absolute Gasteiger partial charge is 0.490 e. The van der Waals surface area contributed by atoms with Crippen LogP contribution in [0.15, 0.2) is 24.3 Å². The van der Waals surface area contributed by atoms with Crippen molar-refractivity contribution < 1.29 is 9.47 Å². The van der Waals surface area contributed by atoms with E-state index < -0.39 is 0 Å². The van der Waals surface area contributed by atoms with Gasteiger partial charge in [-0.1, -0.05) is 26.0 Å². The summed E-state index contributed by atoms with van der Waals surface area (Å²) < 4.78 is 11.5. The Balaban J connectivity index is 2.16. The van der Waals surface area contributed by atoms with Crippen LogP contribution in [0.25, 0.3) is 0 Å². The third-order valence-electron chi connectivity index (χ3n) is 3.61. The van der Waals surface area contributed by atoms with E-state index in [4.69, 9.17) is 9.47 Å². The zero-order chi connectivity index (χ0) is 13.8. The fourth-order valence-corrected chi connectivity index (χ4v) is 2.47. The van der Waals surface area contributed by atoms with E-state index in [9.17, 15) is 0 Å². The molecule has 2 unspecified atom stereocenters. The zero-order valence-corrected chi connectivity index (χ0v) is 12.3. The van der Waals surface area contributed by atoms with Gasteiger partial charge in [-0.15, -0.1) is 0 Å². The second kappa shape index (κ2) is 6.40. The zero-order valence-electron chi connectivity index (χ0n) is 12.3. The molecular weight excluding hydrogens is 238 g/mol. The Kier molecular flexibility index (Phi) is 4.83. The van der Waals surface area contributed by atoms with Crippen LogP contribution in [0.2, 0.25) is 0 Å². The van der Waals surface area contributed by atoms with Gasteiger partial charge in [0.05, 0.1) is 18.2 Å². The molecule has 106 valence electrons. The first-order valence-corrected chi connectivity index (χ1v) is 7.12. The normalized spacial score (nSPS) is 18.4. The summed E-state index contributed by atoms with van der Waals surface area (Å²) in [5.74, 6) is 1.43. The van der Waals surface area contributed by atoms with Crippen molar-refractivity contribution in [2.45, 2.75) is 44.9 Å². The van der Waals surface area contributed by atoms with Crippen molar-refractivity contribution in [3.8, 4) is 5.75 Å². The molecule has 1 aromatic carbocycles. The molecule has 0 radical (unpaired) electrons. The molecule has 0 spiro atoms. The summed E-state index contributed by atoms with van der Waals surface area (Å²) in [7, 11) is 3.76. The highest BCUT2D eigenvalue weighted by Gasteiger charge is 2.26. The predicted octanol–water partition coefficient (Wildman–Crippen LogP) is 3.16. The maximum atomic E-state index is 5.87. The minimum Gasteiger partial charge on any atom is -0.490 e.